The normalized spacial score (nSPS) is 14.4. The third-order valence-electron chi connectivity index (χ3n) is 2.71. The van der Waals surface area contributed by atoms with Crippen molar-refractivity contribution in [3.05, 3.63) is 35.6 Å². The second-order valence-corrected chi connectivity index (χ2v) is 5.63. The van der Waals surface area contributed by atoms with Crippen LogP contribution in [0, 0.1) is 5.82 Å². The SMILES string of the molecule is COC(OC)(c1ccc(F)cc1)C(C)OS(C)(=O)=O. The molecule has 1 aromatic carbocycles. The summed E-state index contributed by atoms with van der Waals surface area (Å²) in [5, 5.41) is 0. The highest BCUT2D eigenvalue weighted by Crippen LogP contribution is 2.32. The Morgan fingerprint density at radius 1 is 1.16 bits per heavy atom. The molecule has 108 valence electrons. The minimum absolute atomic E-state index is 0.415. The summed E-state index contributed by atoms with van der Waals surface area (Å²) in [6.07, 6.45) is -0.00694. The first-order chi connectivity index (χ1) is 8.75. The Hall–Kier alpha value is -1.02. The second-order valence-electron chi connectivity index (χ2n) is 4.03. The van der Waals surface area contributed by atoms with E-state index in [1.54, 1.807) is 0 Å². The Balaban J connectivity index is 3.19. The number of benzene rings is 1. The monoisotopic (exact) mass is 292 g/mol. The fourth-order valence-corrected chi connectivity index (χ4v) is 2.54. The lowest BCUT2D eigenvalue weighted by Gasteiger charge is -2.35. The summed E-state index contributed by atoms with van der Waals surface area (Å²) in [4.78, 5) is 0. The lowest BCUT2D eigenvalue weighted by molar-refractivity contribution is -0.257. The summed E-state index contributed by atoms with van der Waals surface area (Å²) in [7, 11) is -0.965. The molecule has 0 fully saturated rings. The van der Waals surface area contributed by atoms with E-state index in [-0.39, 0.29) is 0 Å². The molecule has 1 rings (SSSR count). The number of methoxy groups -OCH3 is 2. The van der Waals surface area contributed by atoms with E-state index in [0.29, 0.717) is 5.56 Å². The molecule has 19 heavy (non-hydrogen) atoms. The van der Waals surface area contributed by atoms with E-state index in [4.69, 9.17) is 13.7 Å². The topological polar surface area (TPSA) is 61.8 Å². The zero-order valence-electron chi connectivity index (χ0n) is 11.2. The van der Waals surface area contributed by atoms with Gasteiger partial charge >= 0.3 is 0 Å². The van der Waals surface area contributed by atoms with Crippen molar-refractivity contribution in [1.82, 2.24) is 0 Å². The van der Waals surface area contributed by atoms with Crippen LogP contribution >= 0.6 is 0 Å². The van der Waals surface area contributed by atoms with E-state index in [2.05, 4.69) is 0 Å². The van der Waals surface area contributed by atoms with Crippen molar-refractivity contribution in [3.8, 4) is 0 Å². The summed E-state index contributed by atoms with van der Waals surface area (Å²) in [5.74, 6) is -1.85. The van der Waals surface area contributed by atoms with Crippen molar-refractivity contribution in [2.75, 3.05) is 20.5 Å². The van der Waals surface area contributed by atoms with Crippen LogP contribution in [-0.2, 0) is 29.6 Å². The molecule has 0 aromatic heterocycles. The van der Waals surface area contributed by atoms with Crippen molar-refractivity contribution in [3.63, 3.8) is 0 Å². The molecule has 0 aliphatic rings. The summed E-state index contributed by atoms with van der Waals surface area (Å²) in [5.41, 5.74) is 0.454. The third kappa shape index (κ3) is 3.73. The molecule has 0 saturated carbocycles. The molecule has 1 unspecified atom stereocenters. The number of halogens is 1. The molecule has 5 nitrogen and oxygen atoms in total. The highest BCUT2D eigenvalue weighted by molar-refractivity contribution is 7.86. The molecule has 0 spiro atoms. The first kappa shape index (κ1) is 16.0. The lowest BCUT2D eigenvalue weighted by atomic mass is 10.0. The Morgan fingerprint density at radius 2 is 1.63 bits per heavy atom. The van der Waals surface area contributed by atoms with E-state index < -0.39 is 27.8 Å². The summed E-state index contributed by atoms with van der Waals surface area (Å²) >= 11 is 0. The van der Waals surface area contributed by atoms with Crippen molar-refractivity contribution in [2.24, 2.45) is 0 Å². The Bertz CT molecular complexity index is 507. The van der Waals surface area contributed by atoms with E-state index in [1.807, 2.05) is 0 Å². The standard InChI is InChI=1S/C12H17FO5S/c1-9(18-19(4,14)15)12(16-2,17-3)10-5-7-11(13)8-6-10/h5-9H,1-4H3. The van der Waals surface area contributed by atoms with Crippen LogP contribution in [0.15, 0.2) is 24.3 Å². The van der Waals surface area contributed by atoms with E-state index >= 15 is 0 Å². The van der Waals surface area contributed by atoms with Gasteiger partial charge in [0.15, 0.2) is 0 Å². The van der Waals surface area contributed by atoms with Crippen LogP contribution < -0.4 is 0 Å². The molecule has 1 atom stereocenters. The molecule has 0 aliphatic heterocycles. The van der Waals surface area contributed by atoms with Crippen LogP contribution in [0.25, 0.3) is 0 Å². The van der Waals surface area contributed by atoms with Crippen LogP contribution in [0.4, 0.5) is 4.39 Å². The number of ether oxygens (including phenoxy) is 2. The van der Waals surface area contributed by atoms with E-state index in [0.717, 1.165) is 6.26 Å². The second kappa shape index (κ2) is 5.96. The molecule has 0 heterocycles. The van der Waals surface area contributed by atoms with Crippen molar-refractivity contribution in [2.45, 2.75) is 18.8 Å². The van der Waals surface area contributed by atoms with Gasteiger partial charge in [-0.15, -0.1) is 0 Å². The van der Waals surface area contributed by atoms with Gasteiger partial charge in [0, 0.05) is 19.8 Å². The first-order valence-electron chi connectivity index (χ1n) is 5.50. The summed E-state index contributed by atoms with van der Waals surface area (Å²) in [6, 6.07) is 5.36. The van der Waals surface area contributed by atoms with Gasteiger partial charge in [-0.25, -0.2) is 4.39 Å². The number of hydrogen-bond donors (Lipinski definition) is 0. The molecule has 7 heteroatoms. The van der Waals surface area contributed by atoms with E-state index in [1.165, 1.54) is 45.4 Å². The van der Waals surface area contributed by atoms with Crippen LogP contribution in [0.1, 0.15) is 12.5 Å². The van der Waals surface area contributed by atoms with Gasteiger partial charge in [0.25, 0.3) is 10.1 Å². The largest absolute Gasteiger partial charge is 0.347 e. The maximum Gasteiger partial charge on any atom is 0.264 e. The molecule has 0 amide bonds. The van der Waals surface area contributed by atoms with Crippen LogP contribution in [-0.4, -0.2) is 35.0 Å². The maximum atomic E-state index is 12.9. The molecule has 0 aliphatic carbocycles. The molecule has 0 N–H and O–H groups in total. The van der Waals surface area contributed by atoms with Crippen molar-refractivity contribution in [1.29, 1.82) is 0 Å². The minimum atomic E-state index is -3.68. The summed E-state index contributed by atoms with van der Waals surface area (Å²) in [6.45, 7) is 1.50. The van der Waals surface area contributed by atoms with Gasteiger partial charge in [-0.3, -0.25) is 4.18 Å². The van der Waals surface area contributed by atoms with Gasteiger partial charge in [-0.05, 0) is 19.1 Å². The molecular formula is C12H17FO5S. The zero-order valence-corrected chi connectivity index (χ0v) is 12.0. The van der Waals surface area contributed by atoms with Crippen LogP contribution in [0.2, 0.25) is 0 Å². The number of hydrogen-bond acceptors (Lipinski definition) is 5. The quantitative estimate of drug-likeness (QED) is 0.589. The Kier molecular flexibility index (Phi) is 5.03. The first-order valence-corrected chi connectivity index (χ1v) is 7.31. The Labute approximate surface area is 112 Å². The van der Waals surface area contributed by atoms with Gasteiger partial charge < -0.3 is 9.47 Å². The zero-order chi connectivity index (χ0) is 14.7. The third-order valence-corrected chi connectivity index (χ3v) is 3.35. The maximum absolute atomic E-state index is 12.9. The molecule has 1 aromatic rings. The Morgan fingerprint density at radius 3 is 2.00 bits per heavy atom. The highest BCUT2D eigenvalue weighted by Gasteiger charge is 2.41. The average molecular weight is 292 g/mol. The van der Waals surface area contributed by atoms with Gasteiger partial charge in [-0.2, -0.15) is 8.42 Å². The molecule has 0 bridgehead atoms. The van der Waals surface area contributed by atoms with Gasteiger partial charge in [0.2, 0.25) is 5.79 Å². The van der Waals surface area contributed by atoms with E-state index in [9.17, 15) is 12.8 Å². The molecule has 0 saturated heterocycles. The van der Waals surface area contributed by atoms with Crippen molar-refractivity contribution < 1.29 is 26.5 Å². The highest BCUT2D eigenvalue weighted by atomic mass is 32.2. The molecule has 0 radical (unpaired) electrons. The fourth-order valence-electron chi connectivity index (χ4n) is 1.89. The number of rotatable bonds is 6. The van der Waals surface area contributed by atoms with Crippen LogP contribution in [0.5, 0.6) is 0 Å². The predicted octanol–water partition coefficient (Wildman–Crippen LogP) is 1.64. The fraction of sp³-hybridized carbons (Fsp3) is 0.500. The van der Waals surface area contributed by atoms with Gasteiger partial charge in [0.1, 0.15) is 11.9 Å². The minimum Gasteiger partial charge on any atom is -0.347 e. The van der Waals surface area contributed by atoms with Gasteiger partial charge in [-0.1, -0.05) is 12.1 Å². The van der Waals surface area contributed by atoms with Gasteiger partial charge in [0.05, 0.1) is 6.26 Å². The smallest absolute Gasteiger partial charge is 0.264 e. The summed E-state index contributed by atoms with van der Waals surface area (Å²) < 4.78 is 50.8. The van der Waals surface area contributed by atoms with Crippen molar-refractivity contribution >= 4 is 10.1 Å². The predicted molar refractivity (Wildman–Crippen MR) is 67.5 cm³/mol. The molecular weight excluding hydrogens is 275 g/mol. The lowest BCUT2D eigenvalue weighted by Crippen LogP contribution is -2.44. The van der Waals surface area contributed by atoms with Crippen LogP contribution in [0.3, 0.4) is 0 Å². The average Bonchev–Trinajstić information content (AvgIpc) is 2.31.